The van der Waals surface area contributed by atoms with E-state index in [-0.39, 0.29) is 5.56 Å². The summed E-state index contributed by atoms with van der Waals surface area (Å²) in [5, 5.41) is 1.20. The molecule has 0 amide bonds. The van der Waals surface area contributed by atoms with Gasteiger partial charge < -0.3 is 0 Å². The van der Waals surface area contributed by atoms with Gasteiger partial charge in [-0.1, -0.05) is 43.7 Å². The van der Waals surface area contributed by atoms with Crippen LogP contribution in [0.15, 0.2) is 60.7 Å². The average Bonchev–Trinajstić information content (AvgIpc) is 3.06. The highest BCUT2D eigenvalue weighted by Crippen LogP contribution is 2.33. The molecule has 0 saturated carbocycles. The number of rotatable bonds is 4. The topological polar surface area (TPSA) is 0 Å². The van der Waals surface area contributed by atoms with Gasteiger partial charge in [-0.3, -0.25) is 0 Å². The van der Waals surface area contributed by atoms with E-state index in [1.165, 1.54) is 27.1 Å². The monoisotopic (exact) mass is 382 g/mol. The minimum absolute atomic E-state index is 0.250. The Hall–Kier alpha value is -2.59. The van der Waals surface area contributed by atoms with E-state index in [0.717, 1.165) is 36.1 Å². The van der Waals surface area contributed by atoms with Crippen molar-refractivity contribution in [2.75, 3.05) is 0 Å². The van der Waals surface area contributed by atoms with Crippen molar-refractivity contribution in [3.8, 4) is 22.3 Å². The second-order valence-electron chi connectivity index (χ2n) is 6.54. The molecule has 0 bridgehead atoms. The van der Waals surface area contributed by atoms with Gasteiger partial charge in [0.2, 0.25) is 0 Å². The highest BCUT2D eigenvalue weighted by Gasteiger charge is 2.11. The predicted molar refractivity (Wildman–Crippen MR) is 107 cm³/mol. The fourth-order valence-corrected chi connectivity index (χ4v) is 4.43. The van der Waals surface area contributed by atoms with Crippen LogP contribution in [0.4, 0.5) is 13.2 Å². The molecule has 0 aliphatic heterocycles. The molecule has 4 aromatic rings. The molecule has 136 valence electrons. The SMILES string of the molecule is CCCc1cc2ccc(-c3ccc(-c4ccc(F)c(F)c4)c(F)c3)cc2s1. The van der Waals surface area contributed by atoms with Gasteiger partial charge in [-0.25, -0.2) is 13.2 Å². The van der Waals surface area contributed by atoms with E-state index in [4.69, 9.17) is 0 Å². The first-order chi connectivity index (χ1) is 13.0. The molecule has 1 aromatic heterocycles. The second-order valence-corrected chi connectivity index (χ2v) is 7.71. The normalized spacial score (nSPS) is 11.3. The third-order valence-corrected chi connectivity index (χ3v) is 5.76. The number of benzene rings is 3. The van der Waals surface area contributed by atoms with Crippen LogP contribution in [-0.4, -0.2) is 0 Å². The molecule has 0 spiro atoms. The molecule has 0 nitrogen and oxygen atoms in total. The van der Waals surface area contributed by atoms with Gasteiger partial charge in [0.25, 0.3) is 0 Å². The maximum atomic E-state index is 14.7. The summed E-state index contributed by atoms with van der Waals surface area (Å²) < 4.78 is 42.4. The smallest absolute Gasteiger partial charge is 0.159 e. The number of fused-ring (bicyclic) bond motifs is 1. The molecule has 4 heteroatoms. The molecule has 0 saturated heterocycles. The van der Waals surface area contributed by atoms with Gasteiger partial charge >= 0.3 is 0 Å². The van der Waals surface area contributed by atoms with Gasteiger partial charge in [-0.2, -0.15) is 0 Å². The minimum Gasteiger partial charge on any atom is -0.206 e. The largest absolute Gasteiger partial charge is 0.206 e. The van der Waals surface area contributed by atoms with Crippen LogP contribution in [0.1, 0.15) is 18.2 Å². The lowest BCUT2D eigenvalue weighted by molar-refractivity contribution is 0.509. The van der Waals surface area contributed by atoms with E-state index in [0.29, 0.717) is 5.56 Å². The maximum absolute atomic E-state index is 14.7. The van der Waals surface area contributed by atoms with E-state index in [2.05, 4.69) is 25.1 Å². The van der Waals surface area contributed by atoms with Crippen molar-refractivity contribution in [3.63, 3.8) is 0 Å². The number of aryl methyl sites for hydroxylation is 1. The van der Waals surface area contributed by atoms with Crippen LogP contribution >= 0.6 is 11.3 Å². The van der Waals surface area contributed by atoms with Crippen LogP contribution in [0.3, 0.4) is 0 Å². The Balaban J connectivity index is 1.71. The molecule has 0 aliphatic carbocycles. The summed E-state index contributed by atoms with van der Waals surface area (Å²) in [7, 11) is 0. The van der Waals surface area contributed by atoms with Crippen molar-refractivity contribution in [3.05, 3.63) is 83.0 Å². The summed E-state index contributed by atoms with van der Waals surface area (Å²) in [4.78, 5) is 1.35. The molecule has 0 N–H and O–H groups in total. The molecule has 0 aliphatic rings. The van der Waals surface area contributed by atoms with Crippen molar-refractivity contribution in [1.29, 1.82) is 0 Å². The number of thiophene rings is 1. The first-order valence-corrected chi connectivity index (χ1v) is 9.64. The van der Waals surface area contributed by atoms with Gasteiger partial charge in [-0.15, -0.1) is 11.3 Å². The van der Waals surface area contributed by atoms with Gasteiger partial charge in [0.05, 0.1) is 0 Å². The molecule has 27 heavy (non-hydrogen) atoms. The van der Waals surface area contributed by atoms with Crippen molar-refractivity contribution in [2.24, 2.45) is 0 Å². The first kappa shape index (κ1) is 17.8. The van der Waals surface area contributed by atoms with Crippen LogP contribution in [0.2, 0.25) is 0 Å². The highest BCUT2D eigenvalue weighted by molar-refractivity contribution is 7.19. The van der Waals surface area contributed by atoms with Gasteiger partial charge in [-0.05, 0) is 58.8 Å². The molecule has 1 heterocycles. The van der Waals surface area contributed by atoms with E-state index in [1.54, 1.807) is 23.5 Å². The zero-order valence-corrected chi connectivity index (χ0v) is 15.5. The Morgan fingerprint density at radius 2 is 1.41 bits per heavy atom. The van der Waals surface area contributed by atoms with Crippen LogP contribution in [-0.2, 0) is 6.42 Å². The molecule has 0 atom stereocenters. The zero-order chi connectivity index (χ0) is 19.0. The first-order valence-electron chi connectivity index (χ1n) is 8.83. The molecule has 4 rings (SSSR count). The van der Waals surface area contributed by atoms with Crippen LogP contribution < -0.4 is 0 Å². The van der Waals surface area contributed by atoms with Crippen LogP contribution in [0, 0.1) is 17.5 Å². The number of hydrogen-bond donors (Lipinski definition) is 0. The fraction of sp³-hybridized carbons (Fsp3) is 0.130. The summed E-state index contributed by atoms with van der Waals surface area (Å²) in [6.07, 6.45) is 2.17. The van der Waals surface area contributed by atoms with Gasteiger partial charge in [0.15, 0.2) is 11.6 Å². The molecule has 3 aromatic carbocycles. The van der Waals surface area contributed by atoms with E-state index < -0.39 is 17.5 Å². The van der Waals surface area contributed by atoms with Gasteiger partial charge in [0, 0.05) is 15.1 Å². The number of hydrogen-bond acceptors (Lipinski definition) is 1. The summed E-state index contributed by atoms with van der Waals surface area (Å²) in [6, 6.07) is 16.6. The van der Waals surface area contributed by atoms with E-state index >= 15 is 0 Å². The fourth-order valence-electron chi connectivity index (χ4n) is 3.23. The Morgan fingerprint density at radius 3 is 2.15 bits per heavy atom. The quantitative estimate of drug-likeness (QED) is 0.341. The third-order valence-electron chi connectivity index (χ3n) is 4.60. The van der Waals surface area contributed by atoms with Crippen molar-refractivity contribution in [1.82, 2.24) is 0 Å². The summed E-state index contributed by atoms with van der Waals surface area (Å²) in [5.41, 5.74) is 2.25. The standard InChI is InChI=1S/C23H17F3S/c1-2-3-18-10-17-5-4-15(13-23(17)27-18)14-6-8-19(21(25)11-14)16-7-9-20(24)22(26)12-16/h4-13H,2-3H2,1H3. The lowest BCUT2D eigenvalue weighted by atomic mass is 9.99. The summed E-state index contributed by atoms with van der Waals surface area (Å²) >= 11 is 1.77. The maximum Gasteiger partial charge on any atom is 0.159 e. The third kappa shape index (κ3) is 3.50. The minimum atomic E-state index is -0.984. The molecule has 0 radical (unpaired) electrons. The zero-order valence-electron chi connectivity index (χ0n) is 14.7. The van der Waals surface area contributed by atoms with Crippen molar-refractivity contribution >= 4 is 21.4 Å². The van der Waals surface area contributed by atoms with E-state index in [9.17, 15) is 13.2 Å². The Labute approximate surface area is 159 Å². The lowest BCUT2D eigenvalue weighted by Gasteiger charge is -2.08. The molecule has 0 unspecified atom stereocenters. The Morgan fingerprint density at radius 1 is 0.704 bits per heavy atom. The average molecular weight is 382 g/mol. The van der Waals surface area contributed by atoms with Crippen molar-refractivity contribution < 1.29 is 13.2 Å². The summed E-state index contributed by atoms with van der Waals surface area (Å²) in [5.74, 6) is -2.39. The molecular formula is C23H17F3S. The molecular weight excluding hydrogens is 365 g/mol. The molecule has 0 fully saturated rings. The highest BCUT2D eigenvalue weighted by atomic mass is 32.1. The van der Waals surface area contributed by atoms with Crippen LogP contribution in [0.25, 0.3) is 32.3 Å². The second kappa shape index (κ2) is 7.20. The van der Waals surface area contributed by atoms with Crippen LogP contribution in [0.5, 0.6) is 0 Å². The lowest BCUT2D eigenvalue weighted by Crippen LogP contribution is -1.89. The van der Waals surface area contributed by atoms with Crippen molar-refractivity contribution in [2.45, 2.75) is 19.8 Å². The predicted octanol–water partition coefficient (Wildman–Crippen LogP) is 7.61. The Kier molecular flexibility index (Phi) is 4.75. The summed E-state index contributed by atoms with van der Waals surface area (Å²) in [6.45, 7) is 2.16. The Bertz CT molecular complexity index is 1130. The van der Waals surface area contributed by atoms with Gasteiger partial charge in [0.1, 0.15) is 5.82 Å². The van der Waals surface area contributed by atoms with E-state index in [1.807, 2.05) is 6.07 Å². The number of halogens is 3.